The lowest BCUT2D eigenvalue weighted by atomic mass is 9.80. The molecule has 1 aliphatic heterocycles. The first-order valence-corrected chi connectivity index (χ1v) is 15.4. The molecule has 3 atom stereocenters. The summed E-state index contributed by atoms with van der Waals surface area (Å²) >= 11 is 7.54. The molecule has 42 heavy (non-hydrogen) atoms. The summed E-state index contributed by atoms with van der Waals surface area (Å²) in [6, 6.07) is 26.8. The van der Waals surface area contributed by atoms with Gasteiger partial charge in [-0.1, -0.05) is 53.7 Å². The third-order valence-corrected chi connectivity index (χ3v) is 8.77. The fourth-order valence-corrected chi connectivity index (χ4v) is 6.26. The van der Waals surface area contributed by atoms with Gasteiger partial charge in [0.05, 0.1) is 18.7 Å². The van der Waals surface area contributed by atoms with Crippen LogP contribution in [0, 0.1) is 5.92 Å². The van der Waals surface area contributed by atoms with Crippen LogP contribution >= 0.6 is 23.4 Å². The predicted molar refractivity (Wildman–Crippen MR) is 168 cm³/mol. The van der Waals surface area contributed by atoms with Crippen molar-refractivity contribution in [1.82, 2.24) is 20.4 Å². The van der Waals surface area contributed by atoms with E-state index in [1.165, 1.54) is 22.0 Å². The van der Waals surface area contributed by atoms with E-state index in [1.807, 2.05) is 79.7 Å². The van der Waals surface area contributed by atoms with Gasteiger partial charge in [0, 0.05) is 28.1 Å². The van der Waals surface area contributed by atoms with E-state index >= 15 is 0 Å². The molecule has 0 saturated carbocycles. The first-order chi connectivity index (χ1) is 20.4. The summed E-state index contributed by atoms with van der Waals surface area (Å²) in [7, 11) is 1.60. The van der Waals surface area contributed by atoms with Crippen molar-refractivity contribution < 1.29 is 9.53 Å². The molecular formula is C33H35ClN4O3S. The van der Waals surface area contributed by atoms with Crippen LogP contribution in [0.4, 0.5) is 0 Å². The number of aryl methyl sites for hydroxylation is 1. The van der Waals surface area contributed by atoms with Gasteiger partial charge in [-0.3, -0.25) is 9.59 Å². The van der Waals surface area contributed by atoms with Crippen molar-refractivity contribution >= 4 is 29.3 Å². The lowest BCUT2D eigenvalue weighted by Crippen LogP contribution is -2.47. The van der Waals surface area contributed by atoms with Gasteiger partial charge in [-0.05, 0) is 98.8 Å². The Morgan fingerprint density at radius 2 is 1.86 bits per heavy atom. The molecule has 0 spiro atoms. The Kier molecular flexibility index (Phi) is 10.00. The molecule has 0 unspecified atom stereocenters. The maximum absolute atomic E-state index is 13.6. The number of aromatic nitrogens is 2. The molecule has 9 heteroatoms. The fraction of sp³-hybridized carbons (Fsp3) is 0.303. The van der Waals surface area contributed by atoms with E-state index < -0.39 is 0 Å². The van der Waals surface area contributed by atoms with Crippen LogP contribution < -0.4 is 20.9 Å². The van der Waals surface area contributed by atoms with Crippen molar-refractivity contribution in [3.8, 4) is 11.4 Å². The molecule has 2 N–H and O–H groups in total. The van der Waals surface area contributed by atoms with E-state index in [-0.39, 0.29) is 29.3 Å². The summed E-state index contributed by atoms with van der Waals surface area (Å²) in [5, 5.41) is 12.6. The number of rotatable bonds is 10. The van der Waals surface area contributed by atoms with Gasteiger partial charge in [0.2, 0.25) is 5.91 Å². The molecule has 0 bridgehead atoms. The van der Waals surface area contributed by atoms with E-state index in [9.17, 15) is 9.59 Å². The number of nitrogens with one attached hydrogen (secondary N) is 2. The molecule has 1 saturated heterocycles. The number of hydrogen-bond donors (Lipinski definition) is 2. The van der Waals surface area contributed by atoms with E-state index in [2.05, 4.69) is 27.9 Å². The highest BCUT2D eigenvalue weighted by Crippen LogP contribution is 2.31. The number of ether oxygens (including phenoxy) is 1. The quantitative estimate of drug-likeness (QED) is 0.236. The average Bonchev–Trinajstić information content (AvgIpc) is 3.02. The van der Waals surface area contributed by atoms with Crippen LogP contribution in [0.5, 0.6) is 5.75 Å². The molecule has 0 radical (unpaired) electrons. The zero-order valence-corrected chi connectivity index (χ0v) is 25.3. The highest BCUT2D eigenvalue weighted by atomic mass is 35.5. The maximum atomic E-state index is 13.6. The van der Waals surface area contributed by atoms with Crippen LogP contribution in [-0.4, -0.2) is 41.9 Å². The number of nitrogens with zero attached hydrogens (tertiary/aromatic N) is 2. The third kappa shape index (κ3) is 7.43. The van der Waals surface area contributed by atoms with Crippen molar-refractivity contribution in [1.29, 1.82) is 0 Å². The van der Waals surface area contributed by atoms with Gasteiger partial charge in [0.15, 0.2) is 0 Å². The second kappa shape index (κ2) is 14.1. The van der Waals surface area contributed by atoms with Gasteiger partial charge >= 0.3 is 0 Å². The van der Waals surface area contributed by atoms with E-state index in [4.69, 9.17) is 16.3 Å². The number of carbonyl (C=O) groups excluding carboxylic acids is 1. The van der Waals surface area contributed by atoms with Crippen molar-refractivity contribution in [2.24, 2.45) is 5.92 Å². The average molecular weight is 603 g/mol. The minimum absolute atomic E-state index is 0.0490. The smallest absolute Gasteiger partial charge is 0.274 e. The number of benzene rings is 3. The van der Waals surface area contributed by atoms with Crippen LogP contribution in [0.1, 0.15) is 36.8 Å². The van der Waals surface area contributed by atoms with Crippen molar-refractivity contribution in [3.05, 3.63) is 111 Å². The molecule has 1 aliphatic rings. The molecular weight excluding hydrogens is 568 g/mol. The summed E-state index contributed by atoms with van der Waals surface area (Å²) < 4.78 is 6.72. The van der Waals surface area contributed by atoms with Gasteiger partial charge in [-0.25, -0.2) is 0 Å². The van der Waals surface area contributed by atoms with Crippen molar-refractivity contribution in [3.63, 3.8) is 0 Å². The minimum Gasteiger partial charge on any atom is -0.497 e. The predicted octanol–water partition coefficient (Wildman–Crippen LogP) is 5.88. The lowest BCUT2D eigenvalue weighted by molar-refractivity contribution is -0.126. The summed E-state index contributed by atoms with van der Waals surface area (Å²) in [5.74, 6) is 0.794. The third-order valence-electron chi connectivity index (χ3n) is 7.60. The highest BCUT2D eigenvalue weighted by Gasteiger charge is 2.32. The van der Waals surface area contributed by atoms with Crippen LogP contribution in [0.15, 0.2) is 99.6 Å². The molecule has 1 amide bonds. The largest absolute Gasteiger partial charge is 0.497 e. The zero-order chi connectivity index (χ0) is 29.5. The Hall–Kier alpha value is -3.59. The van der Waals surface area contributed by atoms with Crippen LogP contribution in [-0.2, 0) is 11.2 Å². The van der Waals surface area contributed by atoms with Crippen LogP contribution in [0.2, 0.25) is 5.02 Å². The number of carbonyl (C=O) groups is 1. The van der Waals surface area contributed by atoms with Gasteiger partial charge in [-0.2, -0.15) is 9.78 Å². The van der Waals surface area contributed by atoms with E-state index in [0.717, 1.165) is 17.9 Å². The Labute approximate surface area is 255 Å². The summed E-state index contributed by atoms with van der Waals surface area (Å²) in [5.41, 5.74) is 2.31. The Balaban J connectivity index is 1.33. The normalized spacial score (nSPS) is 17.4. The topological polar surface area (TPSA) is 85.2 Å². The summed E-state index contributed by atoms with van der Waals surface area (Å²) in [6.07, 6.45) is 2.04. The van der Waals surface area contributed by atoms with Crippen molar-refractivity contribution in [2.45, 2.75) is 48.1 Å². The Morgan fingerprint density at radius 1 is 1.12 bits per heavy atom. The molecule has 3 aromatic carbocycles. The molecule has 4 aromatic rings. The zero-order valence-electron chi connectivity index (χ0n) is 23.8. The Bertz CT molecular complexity index is 1540. The molecule has 5 rings (SSSR count). The second-order valence-electron chi connectivity index (χ2n) is 10.5. The summed E-state index contributed by atoms with van der Waals surface area (Å²) in [6.45, 7) is 3.55. The monoisotopic (exact) mass is 602 g/mol. The van der Waals surface area contributed by atoms with Gasteiger partial charge in [-0.15, -0.1) is 0 Å². The van der Waals surface area contributed by atoms with E-state index in [1.54, 1.807) is 7.11 Å². The molecule has 218 valence electrons. The Morgan fingerprint density at radius 3 is 2.57 bits per heavy atom. The van der Waals surface area contributed by atoms with E-state index in [0.29, 0.717) is 46.4 Å². The van der Waals surface area contributed by atoms with Crippen molar-refractivity contribution in [2.75, 3.05) is 20.2 Å². The summed E-state index contributed by atoms with van der Waals surface area (Å²) in [4.78, 5) is 28.0. The van der Waals surface area contributed by atoms with Crippen LogP contribution in [0.25, 0.3) is 5.69 Å². The number of piperidine rings is 1. The number of hydrogen-bond acceptors (Lipinski definition) is 6. The van der Waals surface area contributed by atoms with Crippen LogP contribution in [0.3, 0.4) is 0 Å². The second-order valence-corrected chi connectivity index (χ2v) is 12.1. The minimum atomic E-state index is -0.181. The highest BCUT2D eigenvalue weighted by molar-refractivity contribution is 7.99. The maximum Gasteiger partial charge on any atom is 0.274 e. The number of methoxy groups -OCH3 is 1. The molecule has 2 heterocycles. The number of halogens is 1. The van der Waals surface area contributed by atoms with Gasteiger partial charge in [0.25, 0.3) is 5.56 Å². The van der Waals surface area contributed by atoms with Gasteiger partial charge < -0.3 is 15.4 Å². The molecule has 1 fully saturated rings. The first kappa shape index (κ1) is 29.9. The lowest BCUT2D eigenvalue weighted by Gasteiger charge is -2.32. The fourth-order valence-electron chi connectivity index (χ4n) is 5.30. The SMILES string of the molecule is COc1ccc(-n2nc(Sc3ccc(Cl)cc3)cc(CC[C@@H](C)NC(=O)[C@H]3CNCC[C@H]3c3ccccc3)c2=O)cc1. The molecule has 1 aromatic heterocycles. The first-order valence-electron chi connectivity index (χ1n) is 14.2. The molecule has 7 nitrogen and oxygen atoms in total. The number of amides is 1. The standard InChI is InChI=1S/C33H35ClN4O3S/c1-22(36-32(39)30-21-35-19-18-29(30)23-6-4-3-5-7-23)8-9-24-20-31(42-28-16-10-25(34)11-17-28)37-38(33(24)40)26-12-14-27(41-2)15-13-26/h3-7,10-17,20,22,29-30,35H,8-9,18-19,21H2,1-2H3,(H,36,39)/t22-,29+,30+/m1/s1. The van der Waals surface area contributed by atoms with Gasteiger partial charge in [0.1, 0.15) is 10.8 Å². The molecule has 0 aliphatic carbocycles.